The van der Waals surface area contributed by atoms with E-state index in [1.54, 1.807) is 0 Å². The van der Waals surface area contributed by atoms with E-state index in [4.69, 9.17) is 15.4 Å². The molecule has 0 aromatic rings. The minimum atomic E-state index is -1.14. The Morgan fingerprint density at radius 3 is 2.90 bits per heavy atom. The first-order valence-electron chi connectivity index (χ1n) is 6.84. The fraction of sp³-hybridized carbons (Fsp3) is 0.833. The Bertz CT molecular complexity index is 350. The van der Waals surface area contributed by atoms with Gasteiger partial charge in [0.05, 0.1) is 6.61 Å². The van der Waals surface area contributed by atoms with Crippen molar-refractivity contribution in [3.8, 4) is 0 Å². The lowest BCUT2D eigenvalue weighted by Gasteiger charge is -2.37. The molecule has 3 atom stereocenters. The topological polar surface area (TPSA) is 124 Å². The maximum absolute atomic E-state index is 11.4. The molecule has 8 nitrogen and oxygen atoms in total. The lowest BCUT2D eigenvalue weighted by Crippen LogP contribution is -2.69. The van der Waals surface area contributed by atoms with Crippen molar-refractivity contribution in [2.75, 3.05) is 13.2 Å². The van der Waals surface area contributed by atoms with Gasteiger partial charge in [-0.2, -0.15) is 5.11 Å². The van der Waals surface area contributed by atoms with Crippen molar-refractivity contribution in [3.63, 3.8) is 0 Å². The summed E-state index contributed by atoms with van der Waals surface area (Å²) in [6.07, 6.45) is 2.92. The molecule has 1 aliphatic rings. The molecule has 0 aromatic carbocycles. The molecule has 0 spiro atoms. The quantitative estimate of drug-likeness (QED) is 0.250. The Hall–Kier alpha value is -1.54. The highest BCUT2D eigenvalue weighted by Crippen LogP contribution is 2.10. The molecule has 0 aliphatic carbocycles. The van der Waals surface area contributed by atoms with Gasteiger partial charge < -0.3 is 20.5 Å². The number of hydrogen-bond acceptors (Lipinski definition) is 6. The molecule has 1 heterocycles. The van der Waals surface area contributed by atoms with Crippen molar-refractivity contribution in [1.82, 2.24) is 10.6 Å². The average molecular weight is 286 g/mol. The first-order chi connectivity index (χ1) is 9.60. The largest absolute Gasteiger partial charge is 0.480 e. The molecule has 1 rings (SSSR count). The molecular weight excluding hydrogens is 264 g/mol. The lowest BCUT2D eigenvalue weighted by atomic mass is 10.1. The Balaban J connectivity index is 2.21. The molecule has 1 saturated heterocycles. The fourth-order valence-corrected chi connectivity index (χ4v) is 1.87. The summed E-state index contributed by atoms with van der Waals surface area (Å²) in [5.74, 6) is -1.25. The van der Waals surface area contributed by atoms with Gasteiger partial charge in [0.15, 0.2) is 12.3 Å². The summed E-state index contributed by atoms with van der Waals surface area (Å²) in [6, 6.07) is -1.45. The van der Waals surface area contributed by atoms with Crippen LogP contribution in [0.3, 0.4) is 0 Å². The molecule has 0 bridgehead atoms. The normalized spacial score (nSPS) is 22.8. The van der Waals surface area contributed by atoms with E-state index in [0.29, 0.717) is 0 Å². The van der Waals surface area contributed by atoms with E-state index in [9.17, 15) is 9.59 Å². The summed E-state index contributed by atoms with van der Waals surface area (Å²) in [5, 5.41) is 17.4. The monoisotopic (exact) mass is 286 g/mol. The minimum absolute atomic E-state index is 0.105. The van der Waals surface area contributed by atoms with Crippen LogP contribution < -0.4 is 10.6 Å². The zero-order valence-electron chi connectivity index (χ0n) is 11.6. The summed E-state index contributed by atoms with van der Waals surface area (Å²) in [7, 11) is 0. The number of carbonyl (C=O) groups is 2. The standard InChI is InChI=1S/C12H22N4O4/c1-2-3-4-6-14-9-10(17)15-11(9)20-7-5-8(16-13)12(18)19/h8-9,11,13-14H,2-7H2,1H3,(H,15,17)(H,18,19). The predicted octanol–water partition coefficient (Wildman–Crippen LogP) is 0.482. The predicted molar refractivity (Wildman–Crippen MR) is 70.4 cm³/mol. The molecule has 114 valence electrons. The molecule has 0 radical (unpaired) electrons. The number of rotatable bonds is 11. The highest BCUT2D eigenvalue weighted by atomic mass is 16.5. The van der Waals surface area contributed by atoms with Crippen LogP contribution in [0, 0.1) is 5.53 Å². The van der Waals surface area contributed by atoms with Gasteiger partial charge >= 0.3 is 5.97 Å². The zero-order valence-corrected chi connectivity index (χ0v) is 11.6. The third-order valence-corrected chi connectivity index (χ3v) is 3.14. The Labute approximate surface area is 117 Å². The number of unbranched alkanes of at least 4 members (excludes halogenated alkanes) is 2. The van der Waals surface area contributed by atoms with Crippen LogP contribution >= 0.6 is 0 Å². The smallest absolute Gasteiger partial charge is 0.330 e. The maximum atomic E-state index is 11.4. The number of hydrogen-bond donors (Lipinski definition) is 4. The van der Waals surface area contributed by atoms with Crippen LogP contribution in [-0.4, -0.2) is 48.4 Å². The van der Waals surface area contributed by atoms with Crippen LogP contribution in [0.2, 0.25) is 0 Å². The Morgan fingerprint density at radius 2 is 2.35 bits per heavy atom. The van der Waals surface area contributed by atoms with E-state index < -0.39 is 18.2 Å². The number of aliphatic carboxylic acids is 1. The molecule has 0 saturated carbocycles. The number of ether oxygens (including phenoxy) is 1. The third kappa shape index (κ3) is 4.86. The Kier molecular flexibility index (Phi) is 7.10. The van der Waals surface area contributed by atoms with Gasteiger partial charge in [-0.3, -0.25) is 4.79 Å². The van der Waals surface area contributed by atoms with Crippen molar-refractivity contribution >= 4 is 11.9 Å². The van der Waals surface area contributed by atoms with Crippen LogP contribution in [-0.2, 0) is 14.3 Å². The average Bonchev–Trinajstić information content (AvgIpc) is 2.41. The summed E-state index contributed by atoms with van der Waals surface area (Å²) >= 11 is 0. The van der Waals surface area contributed by atoms with Crippen LogP contribution in [0.15, 0.2) is 5.11 Å². The SMILES string of the molecule is CCCCCNC1C(=O)NC1OCCC(N=N)C(=O)O. The van der Waals surface area contributed by atoms with Crippen LogP contribution in [0.4, 0.5) is 0 Å². The van der Waals surface area contributed by atoms with Crippen molar-refractivity contribution in [2.45, 2.75) is 50.9 Å². The maximum Gasteiger partial charge on any atom is 0.330 e. The van der Waals surface area contributed by atoms with Crippen LogP contribution in [0.1, 0.15) is 32.6 Å². The number of nitrogens with zero attached hydrogens (tertiary/aromatic N) is 1. The minimum Gasteiger partial charge on any atom is -0.480 e. The highest BCUT2D eigenvalue weighted by Gasteiger charge is 2.39. The number of carboxylic acid groups (broad SMARTS) is 1. The molecule has 4 N–H and O–H groups in total. The van der Waals surface area contributed by atoms with Crippen molar-refractivity contribution in [2.24, 2.45) is 5.11 Å². The first kappa shape index (κ1) is 16.5. The van der Waals surface area contributed by atoms with Crippen molar-refractivity contribution < 1.29 is 19.4 Å². The second-order valence-corrected chi connectivity index (χ2v) is 4.71. The van der Waals surface area contributed by atoms with E-state index in [-0.39, 0.29) is 25.0 Å². The van der Waals surface area contributed by atoms with Crippen molar-refractivity contribution in [3.05, 3.63) is 0 Å². The van der Waals surface area contributed by atoms with E-state index in [0.717, 1.165) is 25.8 Å². The number of amides is 1. The molecule has 3 unspecified atom stereocenters. The van der Waals surface area contributed by atoms with Gasteiger partial charge in [0.2, 0.25) is 5.91 Å². The number of carboxylic acids is 1. The molecule has 8 heteroatoms. The van der Waals surface area contributed by atoms with E-state index in [1.807, 2.05) is 0 Å². The van der Waals surface area contributed by atoms with Gasteiger partial charge in [-0.05, 0) is 13.0 Å². The molecule has 1 fully saturated rings. The van der Waals surface area contributed by atoms with Crippen LogP contribution in [0.5, 0.6) is 0 Å². The van der Waals surface area contributed by atoms with Gasteiger partial charge in [0.25, 0.3) is 0 Å². The number of carbonyl (C=O) groups excluding carboxylic acids is 1. The van der Waals surface area contributed by atoms with Gasteiger partial charge in [0, 0.05) is 6.42 Å². The van der Waals surface area contributed by atoms with Gasteiger partial charge in [0.1, 0.15) is 6.04 Å². The second-order valence-electron chi connectivity index (χ2n) is 4.71. The fourth-order valence-electron chi connectivity index (χ4n) is 1.87. The highest BCUT2D eigenvalue weighted by molar-refractivity contribution is 5.88. The molecular formula is C12H22N4O4. The van der Waals surface area contributed by atoms with E-state index >= 15 is 0 Å². The van der Waals surface area contributed by atoms with Gasteiger partial charge in [-0.1, -0.05) is 19.8 Å². The van der Waals surface area contributed by atoms with Crippen molar-refractivity contribution in [1.29, 1.82) is 5.53 Å². The number of β-lactam (4-membered cyclic amide) rings is 1. The molecule has 1 amide bonds. The lowest BCUT2D eigenvalue weighted by molar-refractivity contribution is -0.148. The first-order valence-corrected chi connectivity index (χ1v) is 6.84. The summed E-state index contributed by atoms with van der Waals surface area (Å²) in [5.41, 5.74) is 6.74. The summed E-state index contributed by atoms with van der Waals surface area (Å²) in [6.45, 7) is 3.00. The second kappa shape index (κ2) is 8.60. The molecule has 20 heavy (non-hydrogen) atoms. The molecule has 1 aliphatic heterocycles. The molecule has 0 aromatic heterocycles. The third-order valence-electron chi connectivity index (χ3n) is 3.14. The van der Waals surface area contributed by atoms with Gasteiger partial charge in [-0.25, -0.2) is 10.3 Å². The van der Waals surface area contributed by atoms with E-state index in [2.05, 4.69) is 22.7 Å². The van der Waals surface area contributed by atoms with E-state index in [1.165, 1.54) is 0 Å². The summed E-state index contributed by atoms with van der Waals surface area (Å²) < 4.78 is 5.40. The summed E-state index contributed by atoms with van der Waals surface area (Å²) in [4.78, 5) is 22.0. The van der Waals surface area contributed by atoms with Crippen LogP contribution in [0.25, 0.3) is 0 Å². The zero-order chi connectivity index (χ0) is 15.0. The van der Waals surface area contributed by atoms with Gasteiger partial charge in [-0.15, -0.1) is 0 Å². The number of nitrogens with one attached hydrogen (secondary N) is 3. The Morgan fingerprint density at radius 1 is 1.60 bits per heavy atom.